The zero-order valence-corrected chi connectivity index (χ0v) is 17.1. The number of rotatable bonds is 13. The smallest absolute Gasteiger partial charge is 0.190 e. The molecule has 1 rings (SSSR count). The summed E-state index contributed by atoms with van der Waals surface area (Å²) < 4.78 is 26.6. The fraction of sp³-hybridized carbons (Fsp3) is 0.632. The van der Waals surface area contributed by atoms with Crippen molar-refractivity contribution < 1.29 is 23.7 Å². The highest BCUT2D eigenvalue weighted by molar-refractivity contribution is 5.79. The minimum Gasteiger partial charge on any atom is -0.496 e. The molecular weight excluding hydrogens is 350 g/mol. The summed E-state index contributed by atoms with van der Waals surface area (Å²) in [6.45, 7) is 3.39. The highest BCUT2D eigenvalue weighted by Gasteiger charge is 2.13. The van der Waals surface area contributed by atoms with Gasteiger partial charge in [-0.15, -0.1) is 0 Å². The van der Waals surface area contributed by atoms with Gasteiger partial charge in [-0.3, -0.25) is 4.99 Å². The molecule has 0 heterocycles. The second-order valence-electron chi connectivity index (χ2n) is 5.64. The Morgan fingerprint density at radius 1 is 0.889 bits per heavy atom. The van der Waals surface area contributed by atoms with Gasteiger partial charge in [-0.2, -0.15) is 0 Å². The molecule has 8 nitrogen and oxygen atoms in total. The Bertz CT molecular complexity index is 541. The van der Waals surface area contributed by atoms with E-state index in [4.69, 9.17) is 23.7 Å². The molecule has 2 N–H and O–H groups in total. The number of hydrogen-bond acceptors (Lipinski definition) is 6. The van der Waals surface area contributed by atoms with E-state index >= 15 is 0 Å². The molecule has 0 unspecified atom stereocenters. The van der Waals surface area contributed by atoms with Crippen LogP contribution in [0.4, 0.5) is 0 Å². The maximum Gasteiger partial charge on any atom is 0.190 e. The second kappa shape index (κ2) is 13.9. The first kappa shape index (κ1) is 22.9. The monoisotopic (exact) mass is 383 g/mol. The van der Waals surface area contributed by atoms with Gasteiger partial charge in [0.2, 0.25) is 0 Å². The molecule has 0 fully saturated rings. The topological polar surface area (TPSA) is 82.6 Å². The van der Waals surface area contributed by atoms with Gasteiger partial charge in [-0.1, -0.05) is 0 Å². The van der Waals surface area contributed by atoms with Gasteiger partial charge >= 0.3 is 0 Å². The molecule has 0 saturated heterocycles. The van der Waals surface area contributed by atoms with Crippen LogP contribution in [0.5, 0.6) is 17.2 Å². The Morgan fingerprint density at radius 2 is 1.56 bits per heavy atom. The van der Waals surface area contributed by atoms with Gasteiger partial charge in [0.15, 0.2) is 5.96 Å². The maximum absolute atomic E-state index is 5.48. The second-order valence-corrected chi connectivity index (χ2v) is 5.64. The molecule has 0 bridgehead atoms. The first-order chi connectivity index (χ1) is 13.2. The van der Waals surface area contributed by atoms with E-state index in [0.717, 1.165) is 42.4 Å². The largest absolute Gasteiger partial charge is 0.496 e. The Balaban J connectivity index is 2.44. The summed E-state index contributed by atoms with van der Waals surface area (Å²) >= 11 is 0. The number of nitrogens with zero attached hydrogens (tertiary/aromatic N) is 1. The molecule has 0 radical (unpaired) electrons. The van der Waals surface area contributed by atoms with Crippen molar-refractivity contribution >= 4 is 5.96 Å². The number of hydrogen-bond donors (Lipinski definition) is 2. The summed E-state index contributed by atoms with van der Waals surface area (Å²) in [5.74, 6) is 2.93. The first-order valence-corrected chi connectivity index (χ1v) is 9.00. The van der Waals surface area contributed by atoms with Crippen LogP contribution in [0.25, 0.3) is 0 Å². The lowest BCUT2D eigenvalue weighted by Gasteiger charge is -2.16. The molecule has 8 heteroatoms. The van der Waals surface area contributed by atoms with Crippen molar-refractivity contribution in [1.82, 2.24) is 10.6 Å². The molecule has 0 spiro atoms. The van der Waals surface area contributed by atoms with Crippen molar-refractivity contribution in [2.45, 2.75) is 12.8 Å². The molecule has 154 valence electrons. The molecule has 27 heavy (non-hydrogen) atoms. The number of benzene rings is 1. The molecular formula is C19H33N3O5. The maximum atomic E-state index is 5.48. The molecule has 1 aromatic rings. The van der Waals surface area contributed by atoms with Crippen LogP contribution < -0.4 is 24.8 Å². The number of ether oxygens (including phenoxy) is 5. The summed E-state index contributed by atoms with van der Waals surface area (Å²) in [6, 6.07) is 3.71. The lowest BCUT2D eigenvalue weighted by Crippen LogP contribution is -2.39. The molecule has 0 atom stereocenters. The predicted molar refractivity (Wildman–Crippen MR) is 106 cm³/mol. The summed E-state index contributed by atoms with van der Waals surface area (Å²) in [6.07, 6.45) is 1.61. The average molecular weight is 383 g/mol. The van der Waals surface area contributed by atoms with Crippen molar-refractivity contribution in [1.29, 1.82) is 0 Å². The number of guanidine groups is 1. The summed E-state index contributed by atoms with van der Waals surface area (Å²) in [7, 11) is 8.31. The molecule has 0 amide bonds. The molecule has 0 saturated carbocycles. The van der Waals surface area contributed by atoms with Crippen LogP contribution in [0.15, 0.2) is 17.1 Å². The van der Waals surface area contributed by atoms with Crippen molar-refractivity contribution in [3.8, 4) is 17.2 Å². The number of methoxy groups -OCH3 is 4. The zero-order chi connectivity index (χ0) is 19.9. The van der Waals surface area contributed by atoms with Gasteiger partial charge < -0.3 is 34.3 Å². The van der Waals surface area contributed by atoms with E-state index in [0.29, 0.717) is 32.1 Å². The molecule has 0 aliphatic heterocycles. The van der Waals surface area contributed by atoms with E-state index in [1.807, 2.05) is 12.1 Å². The lowest BCUT2D eigenvalue weighted by molar-refractivity contribution is 0.0698. The third-order valence-electron chi connectivity index (χ3n) is 3.90. The van der Waals surface area contributed by atoms with Gasteiger partial charge in [-0.25, -0.2) is 0 Å². The zero-order valence-electron chi connectivity index (χ0n) is 17.1. The fourth-order valence-corrected chi connectivity index (χ4v) is 2.48. The molecule has 1 aromatic carbocycles. The van der Waals surface area contributed by atoms with Crippen LogP contribution in [-0.2, 0) is 15.9 Å². The van der Waals surface area contributed by atoms with Crippen molar-refractivity contribution in [2.75, 3.05) is 68.4 Å². The highest BCUT2D eigenvalue weighted by Crippen LogP contribution is 2.34. The van der Waals surface area contributed by atoms with Crippen LogP contribution in [0, 0.1) is 0 Å². The van der Waals surface area contributed by atoms with Gasteiger partial charge in [0.05, 0.1) is 34.5 Å². The Labute approximate surface area is 162 Å². The van der Waals surface area contributed by atoms with E-state index in [1.165, 1.54) is 0 Å². The van der Waals surface area contributed by atoms with Crippen LogP contribution in [0.3, 0.4) is 0 Å². The molecule has 0 aromatic heterocycles. The van der Waals surface area contributed by atoms with Crippen LogP contribution >= 0.6 is 0 Å². The Hall–Kier alpha value is -2.19. The van der Waals surface area contributed by atoms with Gasteiger partial charge in [-0.05, 0) is 12.8 Å². The van der Waals surface area contributed by atoms with E-state index < -0.39 is 0 Å². The quantitative estimate of drug-likeness (QED) is 0.303. The van der Waals surface area contributed by atoms with Crippen molar-refractivity contribution in [2.24, 2.45) is 4.99 Å². The minimum absolute atomic E-state index is 0.620. The summed E-state index contributed by atoms with van der Waals surface area (Å²) in [5, 5.41) is 6.56. The number of nitrogens with one attached hydrogen (secondary N) is 2. The molecule has 0 aliphatic rings. The van der Waals surface area contributed by atoms with Crippen LogP contribution in [-0.4, -0.2) is 74.4 Å². The summed E-state index contributed by atoms with van der Waals surface area (Å²) in [4.78, 5) is 4.23. The highest BCUT2D eigenvalue weighted by atomic mass is 16.5. The van der Waals surface area contributed by atoms with Gasteiger partial charge in [0, 0.05) is 51.6 Å². The third-order valence-corrected chi connectivity index (χ3v) is 3.90. The Kier molecular flexibility index (Phi) is 11.8. The van der Waals surface area contributed by atoms with Gasteiger partial charge in [0.25, 0.3) is 0 Å². The standard InChI is InChI=1S/C19H33N3O5/c1-20-19(21-8-6-10-27-12-11-23-2)22-9-7-16-17(25-4)13-15(24-3)14-18(16)26-5/h13-14H,6-12H2,1-5H3,(H2,20,21,22). The predicted octanol–water partition coefficient (Wildman–Crippen LogP) is 1.47. The van der Waals surface area contributed by atoms with E-state index in [1.54, 1.807) is 35.5 Å². The average Bonchev–Trinajstić information content (AvgIpc) is 2.71. The number of aliphatic imine (C=N–C) groups is 1. The van der Waals surface area contributed by atoms with Gasteiger partial charge in [0.1, 0.15) is 17.2 Å². The normalized spacial score (nSPS) is 11.2. The van der Waals surface area contributed by atoms with Crippen LogP contribution in [0.2, 0.25) is 0 Å². The van der Waals surface area contributed by atoms with E-state index in [9.17, 15) is 0 Å². The van der Waals surface area contributed by atoms with Crippen LogP contribution in [0.1, 0.15) is 12.0 Å². The minimum atomic E-state index is 0.620. The van der Waals surface area contributed by atoms with Crippen molar-refractivity contribution in [3.63, 3.8) is 0 Å². The third kappa shape index (κ3) is 8.36. The summed E-state index contributed by atoms with van der Waals surface area (Å²) in [5.41, 5.74) is 0.982. The fourth-order valence-electron chi connectivity index (χ4n) is 2.48. The molecule has 0 aliphatic carbocycles. The van der Waals surface area contributed by atoms with Crippen molar-refractivity contribution in [3.05, 3.63) is 17.7 Å². The SMILES string of the molecule is CN=C(NCCCOCCOC)NCCc1c(OC)cc(OC)cc1OC. The lowest BCUT2D eigenvalue weighted by atomic mass is 10.1. The Morgan fingerprint density at radius 3 is 2.11 bits per heavy atom. The van der Waals surface area contributed by atoms with E-state index in [2.05, 4.69) is 15.6 Å². The van der Waals surface area contributed by atoms with E-state index in [-0.39, 0.29) is 0 Å². The first-order valence-electron chi connectivity index (χ1n) is 9.00.